The minimum absolute atomic E-state index is 0.212. The van der Waals surface area contributed by atoms with Gasteiger partial charge in [-0.15, -0.1) is 0 Å². The molecule has 6 heteroatoms. The number of carbonyl (C=O) groups excluding carboxylic acids is 1. The van der Waals surface area contributed by atoms with Crippen molar-refractivity contribution in [1.82, 2.24) is 4.98 Å². The topological polar surface area (TPSA) is 54.0 Å². The van der Waals surface area contributed by atoms with Crippen LogP contribution in [0.5, 0.6) is 0 Å². The molecule has 0 saturated heterocycles. The number of aromatic nitrogens is 1. The van der Waals surface area contributed by atoms with Crippen molar-refractivity contribution in [2.45, 2.75) is 6.54 Å². The van der Waals surface area contributed by atoms with Crippen LogP contribution in [0.15, 0.2) is 66.9 Å². The van der Waals surface area contributed by atoms with Gasteiger partial charge in [-0.2, -0.15) is 0 Å². The normalized spacial score (nSPS) is 10.3. The number of carbonyl (C=O) groups is 1. The van der Waals surface area contributed by atoms with Gasteiger partial charge < -0.3 is 10.6 Å². The molecular weight excluding hydrogens is 324 g/mol. The molecule has 0 aliphatic carbocycles. The van der Waals surface area contributed by atoms with Crippen LogP contribution in [0.4, 0.5) is 20.3 Å². The highest BCUT2D eigenvalue weighted by Crippen LogP contribution is 2.14. The molecule has 2 N–H and O–H groups in total. The highest BCUT2D eigenvalue weighted by Gasteiger charge is 2.08. The number of benzene rings is 2. The van der Waals surface area contributed by atoms with Gasteiger partial charge >= 0.3 is 0 Å². The molecular formula is C19H15F2N3O. The van der Waals surface area contributed by atoms with E-state index in [1.54, 1.807) is 30.3 Å². The molecule has 0 aliphatic rings. The predicted octanol–water partition coefficient (Wildman–Crippen LogP) is 4.22. The van der Waals surface area contributed by atoms with E-state index in [1.807, 2.05) is 0 Å². The molecule has 126 valence electrons. The molecule has 0 unspecified atom stereocenters. The third kappa shape index (κ3) is 4.38. The third-order valence-corrected chi connectivity index (χ3v) is 3.53. The zero-order valence-corrected chi connectivity index (χ0v) is 13.2. The Kier molecular flexibility index (Phi) is 4.99. The molecule has 0 bridgehead atoms. The largest absolute Gasteiger partial charge is 0.380 e. The van der Waals surface area contributed by atoms with Crippen molar-refractivity contribution in [1.29, 1.82) is 0 Å². The quantitative estimate of drug-likeness (QED) is 0.732. The van der Waals surface area contributed by atoms with Crippen molar-refractivity contribution < 1.29 is 13.6 Å². The lowest BCUT2D eigenvalue weighted by Crippen LogP contribution is -2.13. The zero-order chi connectivity index (χ0) is 17.6. The second-order valence-corrected chi connectivity index (χ2v) is 5.34. The first-order valence-electron chi connectivity index (χ1n) is 7.62. The van der Waals surface area contributed by atoms with Crippen LogP contribution in [0, 0.1) is 11.6 Å². The van der Waals surface area contributed by atoms with Crippen molar-refractivity contribution in [3.8, 4) is 0 Å². The minimum atomic E-state index is -0.478. The molecule has 0 atom stereocenters. The average molecular weight is 339 g/mol. The number of rotatable bonds is 5. The Morgan fingerprint density at radius 3 is 2.56 bits per heavy atom. The number of hydrogen-bond acceptors (Lipinski definition) is 3. The lowest BCUT2D eigenvalue weighted by atomic mass is 10.2. The van der Waals surface area contributed by atoms with E-state index in [-0.39, 0.29) is 11.4 Å². The Bertz CT molecular complexity index is 882. The maximum absolute atomic E-state index is 13.6. The maximum atomic E-state index is 13.6. The minimum Gasteiger partial charge on any atom is -0.380 e. The Balaban J connectivity index is 1.60. The molecule has 0 radical (unpaired) electrons. The monoisotopic (exact) mass is 339 g/mol. The first-order valence-corrected chi connectivity index (χ1v) is 7.62. The number of amides is 1. The van der Waals surface area contributed by atoms with Crippen LogP contribution in [0.1, 0.15) is 15.9 Å². The van der Waals surface area contributed by atoms with E-state index in [0.29, 0.717) is 23.6 Å². The van der Waals surface area contributed by atoms with Crippen molar-refractivity contribution >= 4 is 17.4 Å². The van der Waals surface area contributed by atoms with Gasteiger partial charge in [-0.3, -0.25) is 4.79 Å². The van der Waals surface area contributed by atoms with Gasteiger partial charge in [-0.25, -0.2) is 13.8 Å². The van der Waals surface area contributed by atoms with Gasteiger partial charge in [0.2, 0.25) is 0 Å². The second kappa shape index (κ2) is 7.53. The Morgan fingerprint density at radius 1 is 1.00 bits per heavy atom. The molecule has 2 aromatic carbocycles. The number of anilines is 2. The molecule has 0 saturated carbocycles. The smallest absolute Gasteiger partial charge is 0.256 e. The van der Waals surface area contributed by atoms with E-state index in [0.717, 1.165) is 6.07 Å². The predicted molar refractivity (Wildman–Crippen MR) is 92.3 cm³/mol. The van der Waals surface area contributed by atoms with Gasteiger partial charge in [-0.1, -0.05) is 24.3 Å². The van der Waals surface area contributed by atoms with Gasteiger partial charge in [-0.05, 0) is 36.4 Å². The van der Waals surface area contributed by atoms with E-state index >= 15 is 0 Å². The van der Waals surface area contributed by atoms with Crippen molar-refractivity contribution in [3.63, 3.8) is 0 Å². The summed E-state index contributed by atoms with van der Waals surface area (Å²) in [6.07, 6.45) is 1.53. The van der Waals surface area contributed by atoms with E-state index in [4.69, 9.17) is 0 Å². The molecule has 1 heterocycles. The van der Waals surface area contributed by atoms with Gasteiger partial charge in [0.25, 0.3) is 5.91 Å². The number of pyridine rings is 1. The molecule has 25 heavy (non-hydrogen) atoms. The second-order valence-electron chi connectivity index (χ2n) is 5.34. The summed E-state index contributed by atoms with van der Waals surface area (Å²) in [7, 11) is 0. The summed E-state index contributed by atoms with van der Waals surface area (Å²) in [5, 5.41) is 5.65. The van der Waals surface area contributed by atoms with Crippen molar-refractivity contribution in [2.24, 2.45) is 0 Å². The summed E-state index contributed by atoms with van der Waals surface area (Å²) < 4.78 is 26.7. The summed E-state index contributed by atoms with van der Waals surface area (Å²) >= 11 is 0. The highest BCUT2D eigenvalue weighted by atomic mass is 19.1. The van der Waals surface area contributed by atoms with E-state index in [2.05, 4.69) is 15.6 Å². The van der Waals surface area contributed by atoms with Gasteiger partial charge in [0.15, 0.2) is 0 Å². The molecule has 3 rings (SSSR count). The lowest BCUT2D eigenvalue weighted by Gasteiger charge is -2.09. The molecule has 1 amide bonds. The fourth-order valence-electron chi connectivity index (χ4n) is 2.23. The summed E-state index contributed by atoms with van der Waals surface area (Å²) in [5.74, 6) is -0.861. The van der Waals surface area contributed by atoms with Crippen LogP contribution in [-0.4, -0.2) is 10.9 Å². The standard InChI is InChI=1S/C19H15F2N3O/c20-15-6-3-5-13(10-15)19(25)24-18-9-8-16(12-23-18)22-11-14-4-1-2-7-17(14)21/h1-10,12,22H,11H2,(H,23,24,25). The van der Waals surface area contributed by atoms with Crippen LogP contribution in [0.3, 0.4) is 0 Å². The summed E-state index contributed by atoms with van der Waals surface area (Å²) in [6.45, 7) is 0.323. The molecule has 1 aromatic heterocycles. The SMILES string of the molecule is O=C(Nc1ccc(NCc2ccccc2F)cn1)c1cccc(F)c1. The van der Waals surface area contributed by atoms with E-state index in [9.17, 15) is 13.6 Å². The van der Waals surface area contributed by atoms with Crippen LogP contribution >= 0.6 is 0 Å². The highest BCUT2D eigenvalue weighted by molar-refractivity contribution is 6.03. The van der Waals surface area contributed by atoms with Crippen LogP contribution in [0.25, 0.3) is 0 Å². The zero-order valence-electron chi connectivity index (χ0n) is 13.2. The molecule has 4 nitrogen and oxygen atoms in total. The fourth-order valence-corrected chi connectivity index (χ4v) is 2.23. The summed E-state index contributed by atoms with van der Waals surface area (Å²) in [5.41, 5.74) is 1.45. The number of nitrogens with zero attached hydrogens (tertiary/aromatic N) is 1. The summed E-state index contributed by atoms with van der Waals surface area (Å²) in [4.78, 5) is 16.1. The number of hydrogen-bond donors (Lipinski definition) is 2. The lowest BCUT2D eigenvalue weighted by molar-refractivity contribution is 0.102. The van der Waals surface area contributed by atoms with E-state index < -0.39 is 11.7 Å². The third-order valence-electron chi connectivity index (χ3n) is 3.53. The molecule has 3 aromatic rings. The number of nitrogens with one attached hydrogen (secondary N) is 2. The van der Waals surface area contributed by atoms with Crippen LogP contribution in [-0.2, 0) is 6.54 Å². The van der Waals surface area contributed by atoms with E-state index in [1.165, 1.54) is 30.5 Å². The first kappa shape index (κ1) is 16.6. The first-order chi connectivity index (χ1) is 12.1. The Hall–Kier alpha value is -3.28. The van der Waals surface area contributed by atoms with Crippen LogP contribution in [0.2, 0.25) is 0 Å². The maximum Gasteiger partial charge on any atom is 0.256 e. The summed E-state index contributed by atoms with van der Waals surface area (Å²) in [6, 6.07) is 15.2. The van der Waals surface area contributed by atoms with Gasteiger partial charge in [0, 0.05) is 17.7 Å². The van der Waals surface area contributed by atoms with Gasteiger partial charge in [0.1, 0.15) is 17.5 Å². The van der Waals surface area contributed by atoms with Crippen molar-refractivity contribution in [2.75, 3.05) is 10.6 Å². The van der Waals surface area contributed by atoms with Crippen LogP contribution < -0.4 is 10.6 Å². The average Bonchev–Trinajstić information content (AvgIpc) is 2.62. The molecule has 0 spiro atoms. The van der Waals surface area contributed by atoms with Crippen molar-refractivity contribution in [3.05, 3.63) is 89.6 Å². The molecule has 0 aliphatic heterocycles. The Labute approximate surface area is 143 Å². The number of halogens is 2. The van der Waals surface area contributed by atoms with Gasteiger partial charge in [0.05, 0.1) is 11.9 Å². The molecule has 0 fully saturated rings. The Morgan fingerprint density at radius 2 is 1.84 bits per heavy atom. The fraction of sp³-hybridized carbons (Fsp3) is 0.0526.